The second-order valence-electron chi connectivity index (χ2n) is 13.7. The first-order chi connectivity index (χ1) is 28.7. The van der Waals surface area contributed by atoms with Gasteiger partial charge < -0.3 is 24.3 Å². The number of rotatable bonds is 14. The first kappa shape index (κ1) is 40.4. The van der Waals surface area contributed by atoms with E-state index in [4.69, 9.17) is 18.9 Å². The first-order valence-electron chi connectivity index (χ1n) is 19.3. The van der Waals surface area contributed by atoms with Crippen molar-refractivity contribution in [1.82, 2.24) is 29.8 Å². The number of hydrogen-bond donors (Lipinski definition) is 1. The van der Waals surface area contributed by atoms with Crippen LogP contribution in [-0.2, 0) is 31.9 Å². The molecule has 7 rings (SSSR count). The zero-order chi connectivity index (χ0) is 41.3. The predicted octanol–water partition coefficient (Wildman–Crippen LogP) is 7.51. The van der Waals surface area contributed by atoms with Gasteiger partial charge in [-0.1, -0.05) is 30.0 Å². The summed E-state index contributed by atoms with van der Waals surface area (Å²) >= 11 is 1.61. The number of dihydropyridines is 1. The summed E-state index contributed by atoms with van der Waals surface area (Å²) < 4.78 is 25.4. The number of benzene rings is 2. The summed E-state index contributed by atoms with van der Waals surface area (Å²) in [5, 5.41) is 3.40. The van der Waals surface area contributed by atoms with Crippen LogP contribution in [0.25, 0.3) is 22.4 Å². The number of nitrogens with zero attached hydrogens (tertiary/aromatic N) is 5. The number of hydrogen-bond acceptors (Lipinski definition) is 12. The number of carbonyl (C=O) groups excluding carboxylic acids is 2. The molecular weight excluding hydrogens is 765 g/mol. The van der Waals surface area contributed by atoms with Gasteiger partial charge in [-0.05, 0) is 94.1 Å². The number of imidazole rings is 1. The molecule has 4 aromatic heterocycles. The van der Waals surface area contributed by atoms with Crippen molar-refractivity contribution in [1.29, 1.82) is 0 Å². The topological polar surface area (TPSA) is 140 Å². The van der Waals surface area contributed by atoms with Crippen LogP contribution in [0.2, 0.25) is 0 Å². The molecule has 0 saturated heterocycles. The number of thiazole rings is 1. The van der Waals surface area contributed by atoms with E-state index in [2.05, 4.69) is 41.7 Å². The third kappa shape index (κ3) is 9.19. The third-order valence-corrected chi connectivity index (χ3v) is 11.0. The van der Waals surface area contributed by atoms with Crippen LogP contribution in [0.5, 0.6) is 11.5 Å². The second-order valence-corrected chi connectivity index (χ2v) is 14.7. The van der Waals surface area contributed by atoms with Crippen LogP contribution in [-0.4, -0.2) is 63.4 Å². The summed E-state index contributed by atoms with van der Waals surface area (Å²) in [7, 11) is 1.61. The minimum Gasteiger partial charge on any atom is -0.493 e. The van der Waals surface area contributed by atoms with E-state index in [0.717, 1.165) is 39.4 Å². The highest BCUT2D eigenvalue weighted by Crippen LogP contribution is 2.39. The maximum absolute atomic E-state index is 14.1. The maximum Gasteiger partial charge on any atom is 0.337 e. The Morgan fingerprint density at radius 3 is 2.47 bits per heavy atom. The van der Waals surface area contributed by atoms with E-state index in [9.17, 15) is 9.59 Å². The average molecular weight is 809 g/mol. The molecule has 0 fully saturated rings. The van der Waals surface area contributed by atoms with Crippen LogP contribution in [0.15, 0.2) is 108 Å². The Kier molecular flexibility index (Phi) is 12.8. The van der Waals surface area contributed by atoms with Crippen molar-refractivity contribution in [2.75, 3.05) is 26.9 Å². The maximum atomic E-state index is 14.1. The number of aromatic nitrogens is 5. The van der Waals surface area contributed by atoms with E-state index in [1.165, 1.54) is 4.88 Å². The molecule has 0 saturated carbocycles. The van der Waals surface area contributed by atoms with E-state index in [-0.39, 0.29) is 13.2 Å². The van der Waals surface area contributed by atoms with Crippen LogP contribution >= 0.6 is 11.3 Å². The quantitative estimate of drug-likeness (QED) is 0.0864. The van der Waals surface area contributed by atoms with Gasteiger partial charge in [0, 0.05) is 52.8 Å². The van der Waals surface area contributed by atoms with Gasteiger partial charge in [0.1, 0.15) is 11.3 Å². The van der Waals surface area contributed by atoms with Crippen molar-refractivity contribution in [2.45, 2.75) is 47.0 Å². The van der Waals surface area contributed by atoms with Gasteiger partial charge in [-0.15, -0.1) is 11.3 Å². The highest BCUT2D eigenvalue weighted by molar-refractivity contribution is 7.09. The number of pyridine rings is 2. The second kappa shape index (κ2) is 18.7. The Hall–Kier alpha value is -6.78. The number of fused-ring (bicyclic) bond motifs is 1. The van der Waals surface area contributed by atoms with Crippen LogP contribution in [0.4, 0.5) is 0 Å². The van der Waals surface area contributed by atoms with Gasteiger partial charge in [0.15, 0.2) is 18.1 Å². The van der Waals surface area contributed by atoms with Crippen LogP contribution in [0.1, 0.15) is 53.4 Å². The lowest BCUT2D eigenvalue weighted by atomic mass is 9.80. The van der Waals surface area contributed by atoms with Crippen molar-refractivity contribution in [3.05, 3.63) is 141 Å². The number of esters is 2. The fourth-order valence-corrected chi connectivity index (χ4v) is 7.96. The van der Waals surface area contributed by atoms with E-state index < -0.39 is 17.9 Å². The molecule has 5 heterocycles. The van der Waals surface area contributed by atoms with Crippen LogP contribution < -0.4 is 14.8 Å². The molecule has 13 heteroatoms. The molecule has 1 aliphatic rings. The lowest BCUT2D eigenvalue weighted by molar-refractivity contribution is -0.139. The SMILES string of the molecule is CCOC(=O)C1=C(c2ccc(-n3c(C)nc4cnccc43)cc2)NC(C)=C(C(=O)OCC#Cc2cccnc2)C1CCc1ccc(OC)c(OCCc2scnc2C)c1. The molecule has 1 unspecified atom stereocenters. The number of methoxy groups -OCH3 is 1. The van der Waals surface area contributed by atoms with Crippen LogP contribution in [0, 0.1) is 31.6 Å². The number of nitrogens with one attached hydrogen (secondary N) is 1. The minimum absolute atomic E-state index is 0.149. The molecule has 0 aliphatic carbocycles. The van der Waals surface area contributed by atoms with Gasteiger partial charge in [0.25, 0.3) is 0 Å². The molecule has 6 aromatic rings. The van der Waals surface area contributed by atoms with Gasteiger partial charge in [0.2, 0.25) is 0 Å². The Morgan fingerprint density at radius 1 is 0.915 bits per heavy atom. The van der Waals surface area contributed by atoms with Gasteiger partial charge in [-0.3, -0.25) is 14.5 Å². The highest BCUT2D eigenvalue weighted by atomic mass is 32.1. The normalized spacial score (nSPS) is 13.7. The molecule has 2 aromatic carbocycles. The fourth-order valence-electron chi connectivity index (χ4n) is 7.20. The number of allylic oxidation sites excluding steroid dienone is 1. The van der Waals surface area contributed by atoms with E-state index in [0.29, 0.717) is 65.5 Å². The third-order valence-electron chi connectivity index (χ3n) is 9.99. The molecular formula is C46H44N6O6S. The fraction of sp³-hybridized carbons (Fsp3) is 0.261. The standard InChI is InChI=1S/C46H44N6O6S/c1-6-56-46(54)43-36(17-11-32-12-18-39(55-5)40(25-32)57-24-20-41-29(2)49-28-59-41)42(45(53)58-23-8-10-33-9-7-21-47-26-33)30(3)50-44(43)34-13-15-35(16-14-34)52-31(4)51-37-27-48-22-19-38(37)52/h7,9,12-16,18-19,21-22,25-28,36,50H,6,11,17,20,23-24H2,1-5H3. The lowest BCUT2D eigenvalue weighted by Crippen LogP contribution is -2.34. The monoisotopic (exact) mass is 808 g/mol. The smallest absolute Gasteiger partial charge is 0.337 e. The van der Waals surface area contributed by atoms with Gasteiger partial charge in [-0.2, -0.15) is 0 Å². The molecule has 59 heavy (non-hydrogen) atoms. The van der Waals surface area contributed by atoms with E-state index >= 15 is 0 Å². The summed E-state index contributed by atoms with van der Waals surface area (Å²) in [4.78, 5) is 46.7. The number of carbonyl (C=O) groups is 2. The Bertz CT molecular complexity index is 2600. The summed E-state index contributed by atoms with van der Waals surface area (Å²) in [6, 6.07) is 19.2. The number of ether oxygens (including phenoxy) is 4. The van der Waals surface area contributed by atoms with Crippen LogP contribution in [0.3, 0.4) is 0 Å². The molecule has 0 bridgehead atoms. The Labute approximate surface area is 347 Å². The predicted molar refractivity (Wildman–Crippen MR) is 226 cm³/mol. The lowest BCUT2D eigenvalue weighted by Gasteiger charge is -2.31. The molecule has 1 aliphatic heterocycles. The van der Waals surface area contributed by atoms with Crippen molar-refractivity contribution >= 4 is 40.0 Å². The van der Waals surface area contributed by atoms with Crippen molar-refractivity contribution in [3.8, 4) is 29.0 Å². The summed E-state index contributed by atoms with van der Waals surface area (Å²) in [6.45, 7) is 7.97. The highest BCUT2D eigenvalue weighted by Gasteiger charge is 2.38. The zero-order valence-corrected chi connectivity index (χ0v) is 34.4. The van der Waals surface area contributed by atoms with Crippen molar-refractivity contribution in [3.63, 3.8) is 0 Å². The Morgan fingerprint density at radius 2 is 1.73 bits per heavy atom. The van der Waals surface area contributed by atoms with Gasteiger partial charge in [0.05, 0.1) is 60.1 Å². The van der Waals surface area contributed by atoms with E-state index in [1.54, 1.807) is 56.2 Å². The summed E-state index contributed by atoms with van der Waals surface area (Å²) in [5.74, 6) is 6.11. The summed E-state index contributed by atoms with van der Waals surface area (Å²) in [5.41, 5.74) is 9.63. The number of aryl methyl sites for hydroxylation is 3. The molecule has 1 N–H and O–H groups in total. The van der Waals surface area contributed by atoms with Gasteiger partial charge >= 0.3 is 11.9 Å². The molecule has 0 spiro atoms. The van der Waals surface area contributed by atoms with E-state index in [1.807, 2.05) is 80.9 Å². The molecule has 0 amide bonds. The van der Waals surface area contributed by atoms with Gasteiger partial charge in [-0.25, -0.2) is 19.6 Å². The Balaban J connectivity index is 1.22. The zero-order valence-electron chi connectivity index (χ0n) is 33.6. The van der Waals surface area contributed by atoms with Crippen molar-refractivity contribution in [2.24, 2.45) is 5.92 Å². The summed E-state index contributed by atoms with van der Waals surface area (Å²) in [6.07, 6.45) is 8.37. The minimum atomic E-state index is -0.697. The molecule has 12 nitrogen and oxygen atoms in total. The first-order valence-corrected chi connectivity index (χ1v) is 20.2. The molecule has 0 radical (unpaired) electrons. The molecule has 300 valence electrons. The average Bonchev–Trinajstić information content (AvgIpc) is 3.82. The van der Waals surface area contributed by atoms with Crippen molar-refractivity contribution < 1.29 is 28.5 Å². The molecule has 1 atom stereocenters. The largest absolute Gasteiger partial charge is 0.493 e.